The zero-order valence-corrected chi connectivity index (χ0v) is 7.13. The normalized spacial score (nSPS) is 12.4. The van der Waals surface area contributed by atoms with E-state index in [-0.39, 0.29) is 11.9 Å². The number of oxime groups is 1. The number of amides is 1. The molecule has 0 fully saturated rings. The van der Waals surface area contributed by atoms with E-state index in [1.165, 1.54) is 0 Å². The van der Waals surface area contributed by atoms with Crippen molar-refractivity contribution in [2.24, 2.45) is 5.16 Å². The van der Waals surface area contributed by atoms with E-state index in [9.17, 15) is 4.79 Å². The molecule has 1 N–H and O–H groups in total. The Morgan fingerprint density at radius 3 is 2.45 bits per heavy atom. The van der Waals surface area contributed by atoms with E-state index in [0.717, 1.165) is 0 Å². The molecule has 0 radical (unpaired) electrons. The second-order valence-electron chi connectivity index (χ2n) is 2.54. The lowest BCUT2D eigenvalue weighted by molar-refractivity contribution is -0.132. The maximum Gasteiger partial charge on any atom is 0.263 e. The lowest BCUT2D eigenvalue weighted by Crippen LogP contribution is -2.37. The Morgan fingerprint density at radius 2 is 2.09 bits per heavy atom. The van der Waals surface area contributed by atoms with Gasteiger partial charge in [0.25, 0.3) is 5.91 Å². The molecule has 0 aromatic heterocycles. The minimum absolute atomic E-state index is 0.123. The fourth-order valence-corrected chi connectivity index (χ4v) is 0.562. The van der Waals surface area contributed by atoms with Crippen molar-refractivity contribution in [1.82, 2.24) is 5.32 Å². The smallest absolute Gasteiger partial charge is 0.263 e. The van der Waals surface area contributed by atoms with Crippen molar-refractivity contribution in [1.29, 1.82) is 0 Å². The average molecular weight is 158 g/mol. The summed E-state index contributed by atoms with van der Waals surface area (Å²) in [4.78, 5) is 15.6. The lowest BCUT2D eigenvalue weighted by atomic mass is 10.3. The van der Waals surface area contributed by atoms with E-state index in [4.69, 9.17) is 0 Å². The maximum absolute atomic E-state index is 11.0. The summed E-state index contributed by atoms with van der Waals surface area (Å²) < 4.78 is 0. The third-order valence-electron chi connectivity index (χ3n) is 1.03. The van der Waals surface area contributed by atoms with Crippen molar-refractivity contribution in [3.63, 3.8) is 0 Å². The Hall–Kier alpha value is -1.06. The molecule has 0 aliphatic carbocycles. The molecular weight excluding hydrogens is 144 g/mol. The van der Waals surface area contributed by atoms with Crippen molar-refractivity contribution < 1.29 is 9.63 Å². The summed E-state index contributed by atoms with van der Waals surface area (Å²) in [6.45, 7) is 8.49. The molecule has 4 nitrogen and oxygen atoms in total. The third-order valence-corrected chi connectivity index (χ3v) is 1.03. The Kier molecular flexibility index (Phi) is 4.26. The van der Waals surface area contributed by atoms with E-state index in [1.54, 1.807) is 6.92 Å². The largest absolute Gasteiger partial charge is 0.383 e. The van der Waals surface area contributed by atoms with Crippen molar-refractivity contribution in [3.8, 4) is 0 Å². The topological polar surface area (TPSA) is 50.7 Å². The van der Waals surface area contributed by atoms with Crippen LogP contribution in [0, 0.1) is 0 Å². The number of hydrogen-bond acceptors (Lipinski definition) is 3. The van der Waals surface area contributed by atoms with Gasteiger partial charge in [-0.1, -0.05) is 0 Å². The molecule has 1 atom stereocenters. The van der Waals surface area contributed by atoms with Crippen LogP contribution in [-0.2, 0) is 9.63 Å². The summed E-state index contributed by atoms with van der Waals surface area (Å²) in [6.07, 6.45) is -0.560. The highest BCUT2D eigenvalue weighted by atomic mass is 16.6. The predicted molar refractivity (Wildman–Crippen MR) is 43.4 cm³/mol. The van der Waals surface area contributed by atoms with Gasteiger partial charge < -0.3 is 10.2 Å². The molecule has 0 spiro atoms. The quantitative estimate of drug-likeness (QED) is 0.479. The molecule has 0 bridgehead atoms. The number of nitrogens with zero attached hydrogens (tertiary/aromatic N) is 1. The first-order valence-electron chi connectivity index (χ1n) is 3.50. The molecule has 0 aromatic rings. The number of carbonyl (C=O) groups excluding carboxylic acids is 1. The van der Waals surface area contributed by atoms with Crippen LogP contribution in [0.2, 0.25) is 0 Å². The Balaban J connectivity index is 3.72. The molecule has 1 amide bonds. The molecule has 0 saturated carbocycles. The molecule has 0 aromatic carbocycles. The minimum atomic E-state index is -0.560. The fourth-order valence-electron chi connectivity index (χ4n) is 0.562. The number of rotatable bonds is 4. The van der Waals surface area contributed by atoms with Crippen molar-refractivity contribution >= 4 is 12.6 Å². The van der Waals surface area contributed by atoms with E-state index in [0.29, 0.717) is 0 Å². The van der Waals surface area contributed by atoms with Crippen LogP contribution in [0.5, 0.6) is 0 Å². The molecule has 0 aliphatic rings. The Morgan fingerprint density at radius 1 is 1.55 bits per heavy atom. The van der Waals surface area contributed by atoms with Gasteiger partial charge in [0, 0.05) is 12.8 Å². The summed E-state index contributed by atoms with van der Waals surface area (Å²) in [5.41, 5.74) is 0. The highest BCUT2D eigenvalue weighted by Crippen LogP contribution is 1.91. The highest BCUT2D eigenvalue weighted by Gasteiger charge is 2.13. The maximum atomic E-state index is 11.0. The van der Waals surface area contributed by atoms with Crippen LogP contribution in [0.1, 0.15) is 20.8 Å². The van der Waals surface area contributed by atoms with E-state index < -0.39 is 6.10 Å². The van der Waals surface area contributed by atoms with Gasteiger partial charge in [-0.05, 0) is 20.8 Å². The number of hydrogen-bond donors (Lipinski definition) is 1. The van der Waals surface area contributed by atoms with E-state index >= 15 is 0 Å². The molecule has 4 heteroatoms. The molecule has 0 heterocycles. The molecule has 0 saturated heterocycles. The van der Waals surface area contributed by atoms with Crippen LogP contribution in [0.4, 0.5) is 0 Å². The summed E-state index contributed by atoms with van der Waals surface area (Å²) in [5.74, 6) is -0.174. The van der Waals surface area contributed by atoms with Crippen LogP contribution < -0.4 is 5.32 Å². The van der Waals surface area contributed by atoms with Gasteiger partial charge in [-0.15, -0.1) is 5.16 Å². The second kappa shape index (κ2) is 4.71. The van der Waals surface area contributed by atoms with Gasteiger partial charge in [-0.3, -0.25) is 4.79 Å². The molecule has 1 unspecified atom stereocenters. The van der Waals surface area contributed by atoms with Gasteiger partial charge in [-0.2, -0.15) is 0 Å². The van der Waals surface area contributed by atoms with Crippen molar-refractivity contribution in [2.45, 2.75) is 32.9 Å². The summed E-state index contributed by atoms with van der Waals surface area (Å²) in [5, 5.41) is 5.83. The second-order valence-corrected chi connectivity index (χ2v) is 2.54. The first-order valence-corrected chi connectivity index (χ1v) is 3.50. The van der Waals surface area contributed by atoms with Crippen LogP contribution in [0.15, 0.2) is 5.16 Å². The average Bonchev–Trinajstić information content (AvgIpc) is 1.86. The van der Waals surface area contributed by atoms with Crippen molar-refractivity contribution in [3.05, 3.63) is 0 Å². The van der Waals surface area contributed by atoms with Crippen LogP contribution >= 0.6 is 0 Å². The van der Waals surface area contributed by atoms with Gasteiger partial charge in [0.05, 0.1) is 0 Å². The van der Waals surface area contributed by atoms with Gasteiger partial charge in [0.2, 0.25) is 6.10 Å². The van der Waals surface area contributed by atoms with Crippen molar-refractivity contribution in [2.75, 3.05) is 0 Å². The SMILES string of the molecule is C=NOC(C)C(=O)NC(C)C. The summed E-state index contributed by atoms with van der Waals surface area (Å²) in [6, 6.07) is 0.123. The molecule has 0 aliphatic heterocycles. The minimum Gasteiger partial charge on any atom is -0.383 e. The summed E-state index contributed by atoms with van der Waals surface area (Å²) >= 11 is 0. The molecule has 64 valence electrons. The highest BCUT2D eigenvalue weighted by molar-refractivity contribution is 5.80. The van der Waals surface area contributed by atoms with Gasteiger partial charge in [0.1, 0.15) is 0 Å². The molecule has 0 rings (SSSR count). The van der Waals surface area contributed by atoms with E-state index in [2.05, 4.69) is 22.0 Å². The summed E-state index contributed by atoms with van der Waals surface area (Å²) in [7, 11) is 0. The molecule has 11 heavy (non-hydrogen) atoms. The molecular formula is C7H14N2O2. The first-order chi connectivity index (χ1) is 5.07. The predicted octanol–water partition coefficient (Wildman–Crippen LogP) is 0.532. The standard InChI is InChI=1S/C7H14N2O2/c1-5(2)9-7(10)6(3)11-8-4/h5-6H,4H2,1-3H3,(H,9,10). The third kappa shape index (κ3) is 4.36. The van der Waals surface area contributed by atoms with E-state index in [1.807, 2.05) is 13.8 Å². The Bertz CT molecular complexity index is 145. The number of carbonyl (C=O) groups is 1. The van der Waals surface area contributed by atoms with Gasteiger partial charge in [-0.25, -0.2) is 0 Å². The van der Waals surface area contributed by atoms with Crippen LogP contribution in [0.25, 0.3) is 0 Å². The zero-order valence-electron chi connectivity index (χ0n) is 7.13. The van der Waals surface area contributed by atoms with Crippen LogP contribution in [0.3, 0.4) is 0 Å². The monoisotopic (exact) mass is 158 g/mol. The van der Waals surface area contributed by atoms with Gasteiger partial charge >= 0.3 is 0 Å². The Labute approximate surface area is 66.6 Å². The van der Waals surface area contributed by atoms with Crippen LogP contribution in [-0.4, -0.2) is 24.8 Å². The first kappa shape index (κ1) is 9.94. The van der Waals surface area contributed by atoms with Gasteiger partial charge in [0.15, 0.2) is 0 Å². The number of nitrogens with one attached hydrogen (secondary N) is 1. The zero-order chi connectivity index (χ0) is 8.85. The lowest BCUT2D eigenvalue weighted by Gasteiger charge is -2.11. The fraction of sp³-hybridized carbons (Fsp3) is 0.714.